The Balaban J connectivity index is 1.76. The Morgan fingerprint density at radius 1 is 1.39 bits per heavy atom. The summed E-state index contributed by atoms with van der Waals surface area (Å²) < 4.78 is 5.54. The fourth-order valence-electron chi connectivity index (χ4n) is 2.06. The molecule has 2 aliphatic rings. The van der Waals surface area contributed by atoms with Gasteiger partial charge in [-0.15, -0.1) is 0 Å². The molecule has 1 atom stereocenters. The van der Waals surface area contributed by atoms with Gasteiger partial charge in [-0.25, -0.2) is 0 Å². The molecule has 0 saturated carbocycles. The lowest BCUT2D eigenvalue weighted by atomic mass is 10.1. The third-order valence-corrected chi connectivity index (χ3v) is 3.06. The predicted molar refractivity (Wildman–Crippen MR) is 62.3 cm³/mol. The van der Waals surface area contributed by atoms with E-state index in [0.717, 1.165) is 11.3 Å². The van der Waals surface area contributed by atoms with Crippen LogP contribution in [0.25, 0.3) is 6.08 Å². The Kier molecular flexibility index (Phi) is 2.29. The summed E-state index contributed by atoms with van der Waals surface area (Å²) in [6.07, 6.45) is 2.13. The van der Waals surface area contributed by atoms with Crippen molar-refractivity contribution >= 4 is 17.7 Å². The van der Waals surface area contributed by atoms with Crippen molar-refractivity contribution in [1.82, 2.24) is 4.90 Å². The van der Waals surface area contributed by atoms with Crippen molar-refractivity contribution in [3.63, 3.8) is 0 Å². The van der Waals surface area contributed by atoms with Crippen molar-refractivity contribution in [2.45, 2.75) is 12.6 Å². The molecule has 2 heterocycles. The van der Waals surface area contributed by atoms with Crippen LogP contribution < -0.4 is 0 Å². The molecule has 0 bridgehead atoms. The minimum Gasteiger partial charge on any atom is -0.472 e. The number of nitro benzene ring substituents is 1. The van der Waals surface area contributed by atoms with E-state index < -0.39 is 4.92 Å². The summed E-state index contributed by atoms with van der Waals surface area (Å²) in [4.78, 5) is 22.9. The number of hydrogen-bond donors (Lipinski definition) is 0. The van der Waals surface area contributed by atoms with Crippen LogP contribution in [0.5, 0.6) is 0 Å². The van der Waals surface area contributed by atoms with Gasteiger partial charge < -0.3 is 4.74 Å². The standard InChI is InChI=1S/C12H10N2O4/c15-11-6-12-13(11)7-10(18-12)5-8-1-3-9(4-2-8)14(16)17/h1-5,12H,6-7H2. The molecule has 0 N–H and O–H groups in total. The molecule has 3 rings (SSSR count). The van der Waals surface area contributed by atoms with E-state index in [2.05, 4.69) is 0 Å². The first-order valence-corrected chi connectivity index (χ1v) is 5.54. The van der Waals surface area contributed by atoms with Crippen molar-refractivity contribution in [2.75, 3.05) is 6.54 Å². The van der Waals surface area contributed by atoms with Gasteiger partial charge in [0.25, 0.3) is 5.69 Å². The van der Waals surface area contributed by atoms with Crippen LogP contribution in [0.15, 0.2) is 30.0 Å². The molecular weight excluding hydrogens is 236 g/mol. The molecule has 1 unspecified atom stereocenters. The summed E-state index contributed by atoms with van der Waals surface area (Å²) in [5.41, 5.74) is 0.883. The number of carbonyl (C=O) groups excluding carboxylic acids is 1. The summed E-state index contributed by atoms with van der Waals surface area (Å²) in [5.74, 6) is 0.826. The second-order valence-corrected chi connectivity index (χ2v) is 4.26. The highest BCUT2D eigenvalue weighted by Crippen LogP contribution is 2.31. The van der Waals surface area contributed by atoms with Gasteiger partial charge in [-0.2, -0.15) is 0 Å². The lowest BCUT2D eigenvalue weighted by Gasteiger charge is -2.30. The van der Waals surface area contributed by atoms with Gasteiger partial charge in [0, 0.05) is 12.1 Å². The summed E-state index contributed by atoms with van der Waals surface area (Å²) in [5, 5.41) is 10.5. The lowest BCUT2D eigenvalue weighted by Crippen LogP contribution is -2.48. The summed E-state index contributed by atoms with van der Waals surface area (Å²) in [7, 11) is 0. The van der Waals surface area contributed by atoms with Gasteiger partial charge in [0.05, 0.1) is 17.9 Å². The SMILES string of the molecule is O=C1CC2OC(=Cc3ccc([N+](=O)[O-])cc3)CN12. The quantitative estimate of drug-likeness (QED) is 0.450. The van der Waals surface area contributed by atoms with Crippen LogP contribution in [0.1, 0.15) is 12.0 Å². The highest BCUT2D eigenvalue weighted by Gasteiger charge is 2.43. The number of non-ortho nitro benzene ring substituents is 1. The van der Waals surface area contributed by atoms with Crippen LogP contribution in [0.3, 0.4) is 0 Å². The lowest BCUT2D eigenvalue weighted by molar-refractivity contribution is -0.384. The Hall–Kier alpha value is -2.37. The number of hydrogen-bond acceptors (Lipinski definition) is 4. The molecular formula is C12H10N2O4. The highest BCUT2D eigenvalue weighted by molar-refractivity contribution is 5.83. The van der Waals surface area contributed by atoms with Crippen molar-refractivity contribution < 1.29 is 14.5 Å². The topological polar surface area (TPSA) is 72.7 Å². The monoisotopic (exact) mass is 246 g/mol. The first-order valence-electron chi connectivity index (χ1n) is 5.54. The minimum absolute atomic E-state index is 0.0588. The number of ether oxygens (including phenoxy) is 1. The molecule has 2 saturated heterocycles. The van der Waals surface area contributed by atoms with Crippen LogP contribution in [0.2, 0.25) is 0 Å². The molecule has 92 valence electrons. The smallest absolute Gasteiger partial charge is 0.269 e. The molecule has 18 heavy (non-hydrogen) atoms. The van der Waals surface area contributed by atoms with Gasteiger partial charge in [0.1, 0.15) is 5.76 Å². The third kappa shape index (κ3) is 1.71. The molecule has 6 nitrogen and oxygen atoms in total. The second kappa shape index (κ2) is 3.83. The van der Waals surface area contributed by atoms with Crippen molar-refractivity contribution in [1.29, 1.82) is 0 Å². The Bertz CT molecular complexity index is 550. The molecule has 2 fully saturated rings. The van der Waals surface area contributed by atoms with Crippen LogP contribution in [-0.4, -0.2) is 28.5 Å². The summed E-state index contributed by atoms with van der Waals surface area (Å²) >= 11 is 0. The van der Waals surface area contributed by atoms with Gasteiger partial charge >= 0.3 is 0 Å². The minimum atomic E-state index is -0.437. The van der Waals surface area contributed by atoms with Crippen molar-refractivity contribution in [3.05, 3.63) is 45.7 Å². The zero-order valence-corrected chi connectivity index (χ0v) is 9.41. The number of carbonyl (C=O) groups is 1. The van der Waals surface area contributed by atoms with Crippen LogP contribution in [-0.2, 0) is 9.53 Å². The average molecular weight is 246 g/mol. The van der Waals surface area contributed by atoms with E-state index >= 15 is 0 Å². The number of β-lactam (4-membered cyclic amide) rings is 1. The Labute approximate surface area is 103 Å². The van der Waals surface area contributed by atoms with Crippen LogP contribution in [0, 0.1) is 10.1 Å². The number of amides is 1. The molecule has 6 heteroatoms. The second-order valence-electron chi connectivity index (χ2n) is 4.26. The first kappa shape index (κ1) is 10.8. The fourth-order valence-corrected chi connectivity index (χ4v) is 2.06. The molecule has 0 aromatic heterocycles. The number of nitrogens with zero attached hydrogens (tertiary/aromatic N) is 2. The zero-order chi connectivity index (χ0) is 12.7. The predicted octanol–water partition coefficient (Wildman–Crippen LogP) is 1.52. The van der Waals surface area contributed by atoms with Crippen molar-refractivity contribution in [2.24, 2.45) is 0 Å². The van der Waals surface area contributed by atoms with E-state index in [1.165, 1.54) is 12.1 Å². The van der Waals surface area contributed by atoms with Gasteiger partial charge in [0.15, 0.2) is 6.23 Å². The normalized spacial score (nSPS) is 23.6. The molecule has 2 aliphatic heterocycles. The maximum atomic E-state index is 11.2. The van der Waals surface area contributed by atoms with Crippen molar-refractivity contribution in [3.8, 4) is 0 Å². The molecule has 0 aliphatic carbocycles. The third-order valence-electron chi connectivity index (χ3n) is 3.06. The summed E-state index contributed by atoms with van der Waals surface area (Å²) in [6.45, 7) is 0.487. The van der Waals surface area contributed by atoms with E-state index in [9.17, 15) is 14.9 Å². The van der Waals surface area contributed by atoms with Crippen LogP contribution in [0.4, 0.5) is 5.69 Å². The number of fused-ring (bicyclic) bond motifs is 1. The van der Waals surface area contributed by atoms with E-state index in [1.807, 2.05) is 0 Å². The largest absolute Gasteiger partial charge is 0.472 e. The van der Waals surface area contributed by atoms with E-state index in [-0.39, 0.29) is 17.8 Å². The van der Waals surface area contributed by atoms with E-state index in [0.29, 0.717) is 13.0 Å². The average Bonchev–Trinajstić information content (AvgIpc) is 2.67. The van der Waals surface area contributed by atoms with E-state index in [1.54, 1.807) is 23.1 Å². The Morgan fingerprint density at radius 3 is 2.67 bits per heavy atom. The highest BCUT2D eigenvalue weighted by atomic mass is 16.6. The molecule has 1 aromatic rings. The number of rotatable bonds is 2. The van der Waals surface area contributed by atoms with E-state index in [4.69, 9.17) is 4.74 Å². The Morgan fingerprint density at radius 2 is 2.11 bits per heavy atom. The number of benzene rings is 1. The number of nitro groups is 1. The molecule has 0 radical (unpaired) electrons. The molecule has 0 spiro atoms. The maximum Gasteiger partial charge on any atom is 0.269 e. The zero-order valence-electron chi connectivity index (χ0n) is 9.41. The fraction of sp³-hybridized carbons (Fsp3) is 0.250. The summed E-state index contributed by atoms with van der Waals surface area (Å²) in [6, 6.07) is 6.21. The maximum absolute atomic E-state index is 11.2. The molecule has 1 amide bonds. The van der Waals surface area contributed by atoms with Gasteiger partial charge in [-0.05, 0) is 23.8 Å². The van der Waals surface area contributed by atoms with Gasteiger partial charge in [0.2, 0.25) is 5.91 Å². The molecule has 1 aromatic carbocycles. The van der Waals surface area contributed by atoms with Crippen LogP contribution >= 0.6 is 0 Å². The van der Waals surface area contributed by atoms with Gasteiger partial charge in [-0.1, -0.05) is 0 Å². The van der Waals surface area contributed by atoms with Gasteiger partial charge in [-0.3, -0.25) is 19.8 Å². The first-order chi connectivity index (χ1) is 8.63.